The molecule has 0 saturated carbocycles. The summed E-state index contributed by atoms with van der Waals surface area (Å²) in [5.74, 6) is 1.96. The maximum Gasteiger partial charge on any atom is 0.142 e. The third-order valence-corrected chi connectivity index (χ3v) is 3.06. The second kappa shape index (κ2) is 4.79. The summed E-state index contributed by atoms with van der Waals surface area (Å²) in [6.45, 7) is 1.77. The Morgan fingerprint density at radius 3 is 3.13 bits per heavy atom. The van der Waals surface area contributed by atoms with E-state index in [1.165, 1.54) is 11.3 Å². The molecule has 2 rings (SSSR count). The third kappa shape index (κ3) is 2.40. The van der Waals surface area contributed by atoms with Crippen LogP contribution in [-0.4, -0.2) is 26.0 Å². The molecule has 1 aliphatic rings. The van der Waals surface area contributed by atoms with Crippen LogP contribution >= 0.6 is 12.6 Å². The lowest BCUT2D eigenvalue weighted by molar-refractivity contribution is 0.311. The van der Waals surface area contributed by atoms with Crippen molar-refractivity contribution in [2.75, 3.05) is 30.9 Å². The van der Waals surface area contributed by atoms with Crippen molar-refractivity contribution < 1.29 is 4.74 Å². The van der Waals surface area contributed by atoms with Gasteiger partial charge in [-0.2, -0.15) is 12.6 Å². The second-order valence-electron chi connectivity index (χ2n) is 3.90. The van der Waals surface area contributed by atoms with Gasteiger partial charge in [-0.05, 0) is 36.3 Å². The van der Waals surface area contributed by atoms with Gasteiger partial charge in [0.1, 0.15) is 12.4 Å². The highest BCUT2D eigenvalue weighted by atomic mass is 32.1. The largest absolute Gasteiger partial charge is 0.490 e. The minimum Gasteiger partial charge on any atom is -0.490 e. The standard InChI is InChI=1S/C12H17NOS/c1-13-6-7-14-12-5-4-10(3-2-8-15)9-11(12)13/h4-5,9,15H,2-3,6-8H2,1H3. The summed E-state index contributed by atoms with van der Waals surface area (Å²) in [7, 11) is 2.11. The first-order valence-corrected chi connectivity index (χ1v) is 6.02. The Morgan fingerprint density at radius 1 is 1.47 bits per heavy atom. The number of thiol groups is 1. The molecule has 0 fully saturated rings. The van der Waals surface area contributed by atoms with E-state index in [2.05, 4.69) is 42.8 Å². The number of fused-ring (bicyclic) bond motifs is 1. The first-order chi connectivity index (χ1) is 7.31. The molecule has 0 spiro atoms. The molecular formula is C12H17NOS. The van der Waals surface area contributed by atoms with Gasteiger partial charge in [0.25, 0.3) is 0 Å². The molecule has 0 radical (unpaired) electrons. The molecule has 0 aliphatic carbocycles. The van der Waals surface area contributed by atoms with E-state index in [-0.39, 0.29) is 0 Å². The summed E-state index contributed by atoms with van der Waals surface area (Å²) >= 11 is 4.23. The van der Waals surface area contributed by atoms with Crippen molar-refractivity contribution in [1.82, 2.24) is 0 Å². The molecule has 0 atom stereocenters. The SMILES string of the molecule is CN1CCOc2ccc(CCCS)cc21. The number of ether oxygens (including phenoxy) is 1. The van der Waals surface area contributed by atoms with Gasteiger partial charge in [-0.3, -0.25) is 0 Å². The topological polar surface area (TPSA) is 12.5 Å². The lowest BCUT2D eigenvalue weighted by atomic mass is 10.1. The van der Waals surface area contributed by atoms with Crippen molar-refractivity contribution in [1.29, 1.82) is 0 Å². The van der Waals surface area contributed by atoms with Gasteiger partial charge in [0.05, 0.1) is 12.2 Å². The minimum absolute atomic E-state index is 0.791. The summed E-state index contributed by atoms with van der Waals surface area (Å²) in [6, 6.07) is 6.47. The van der Waals surface area contributed by atoms with Crippen LogP contribution in [0, 0.1) is 0 Å². The van der Waals surface area contributed by atoms with Crippen LogP contribution in [0.5, 0.6) is 5.75 Å². The molecular weight excluding hydrogens is 206 g/mol. The highest BCUT2D eigenvalue weighted by Crippen LogP contribution is 2.31. The van der Waals surface area contributed by atoms with Crippen molar-refractivity contribution >= 4 is 18.3 Å². The van der Waals surface area contributed by atoms with E-state index in [1.807, 2.05) is 0 Å². The Bertz CT molecular complexity index is 340. The van der Waals surface area contributed by atoms with Gasteiger partial charge in [0.15, 0.2) is 0 Å². The van der Waals surface area contributed by atoms with Crippen molar-refractivity contribution in [3.8, 4) is 5.75 Å². The first-order valence-electron chi connectivity index (χ1n) is 5.39. The zero-order valence-corrected chi connectivity index (χ0v) is 9.96. The number of anilines is 1. The molecule has 0 aromatic heterocycles. The molecule has 1 aromatic carbocycles. The normalized spacial score (nSPS) is 14.7. The lowest BCUT2D eigenvalue weighted by Crippen LogP contribution is -2.28. The second-order valence-corrected chi connectivity index (χ2v) is 4.35. The quantitative estimate of drug-likeness (QED) is 0.790. The van der Waals surface area contributed by atoms with Gasteiger partial charge in [0.2, 0.25) is 0 Å². The fourth-order valence-corrected chi connectivity index (χ4v) is 1.99. The zero-order valence-electron chi connectivity index (χ0n) is 9.07. The van der Waals surface area contributed by atoms with E-state index in [1.54, 1.807) is 0 Å². The van der Waals surface area contributed by atoms with E-state index in [4.69, 9.17) is 4.74 Å². The van der Waals surface area contributed by atoms with Crippen LogP contribution in [0.1, 0.15) is 12.0 Å². The summed E-state index contributed by atoms with van der Waals surface area (Å²) in [4.78, 5) is 2.25. The van der Waals surface area contributed by atoms with Crippen LogP contribution in [0.4, 0.5) is 5.69 Å². The number of rotatable bonds is 3. The average molecular weight is 223 g/mol. The van der Waals surface area contributed by atoms with Crippen LogP contribution in [0.2, 0.25) is 0 Å². The molecule has 1 aliphatic heterocycles. The number of likely N-dealkylation sites (N-methyl/N-ethyl adjacent to an activating group) is 1. The van der Waals surface area contributed by atoms with E-state index in [0.29, 0.717) is 0 Å². The van der Waals surface area contributed by atoms with E-state index in [9.17, 15) is 0 Å². The Kier molecular flexibility index (Phi) is 3.41. The monoisotopic (exact) mass is 223 g/mol. The van der Waals surface area contributed by atoms with Crippen LogP contribution in [0.3, 0.4) is 0 Å². The Morgan fingerprint density at radius 2 is 2.33 bits per heavy atom. The van der Waals surface area contributed by atoms with Crippen molar-refractivity contribution in [3.63, 3.8) is 0 Å². The van der Waals surface area contributed by atoms with Crippen LogP contribution in [0.15, 0.2) is 18.2 Å². The number of nitrogens with zero attached hydrogens (tertiary/aromatic N) is 1. The number of aryl methyl sites for hydroxylation is 1. The number of benzene rings is 1. The predicted molar refractivity (Wildman–Crippen MR) is 67.4 cm³/mol. The zero-order chi connectivity index (χ0) is 10.7. The molecule has 82 valence electrons. The molecule has 0 bridgehead atoms. The molecule has 1 aromatic rings. The molecule has 0 unspecified atom stereocenters. The van der Waals surface area contributed by atoms with Gasteiger partial charge < -0.3 is 9.64 Å². The van der Waals surface area contributed by atoms with Gasteiger partial charge in [-0.15, -0.1) is 0 Å². The predicted octanol–water partition coefficient (Wildman–Crippen LogP) is 2.38. The lowest BCUT2D eigenvalue weighted by Gasteiger charge is -2.28. The molecule has 0 saturated heterocycles. The van der Waals surface area contributed by atoms with Crippen molar-refractivity contribution in [2.24, 2.45) is 0 Å². The summed E-state index contributed by atoms with van der Waals surface area (Å²) in [6.07, 6.45) is 2.23. The van der Waals surface area contributed by atoms with Gasteiger partial charge in [-0.25, -0.2) is 0 Å². The van der Waals surface area contributed by atoms with Crippen LogP contribution in [-0.2, 0) is 6.42 Å². The summed E-state index contributed by atoms with van der Waals surface area (Å²) < 4.78 is 5.60. The Hall–Kier alpha value is -0.830. The molecule has 3 heteroatoms. The molecule has 15 heavy (non-hydrogen) atoms. The van der Waals surface area contributed by atoms with Gasteiger partial charge in [0, 0.05) is 7.05 Å². The van der Waals surface area contributed by atoms with Gasteiger partial charge >= 0.3 is 0 Å². The van der Waals surface area contributed by atoms with Crippen molar-refractivity contribution in [3.05, 3.63) is 23.8 Å². The highest BCUT2D eigenvalue weighted by molar-refractivity contribution is 7.80. The fourth-order valence-electron chi connectivity index (χ4n) is 1.83. The molecule has 1 heterocycles. The van der Waals surface area contributed by atoms with E-state index < -0.39 is 0 Å². The Balaban J connectivity index is 2.19. The van der Waals surface area contributed by atoms with E-state index >= 15 is 0 Å². The molecule has 0 N–H and O–H groups in total. The fraction of sp³-hybridized carbons (Fsp3) is 0.500. The van der Waals surface area contributed by atoms with Crippen LogP contribution in [0.25, 0.3) is 0 Å². The maximum atomic E-state index is 5.60. The maximum absolute atomic E-state index is 5.60. The number of hydrogen-bond acceptors (Lipinski definition) is 3. The van der Waals surface area contributed by atoms with Gasteiger partial charge in [-0.1, -0.05) is 6.07 Å². The van der Waals surface area contributed by atoms with Crippen molar-refractivity contribution in [2.45, 2.75) is 12.8 Å². The number of hydrogen-bond donors (Lipinski definition) is 1. The Labute approximate surface area is 96.6 Å². The summed E-state index contributed by atoms with van der Waals surface area (Å²) in [5, 5.41) is 0. The smallest absolute Gasteiger partial charge is 0.142 e. The summed E-state index contributed by atoms with van der Waals surface area (Å²) in [5.41, 5.74) is 2.60. The first kappa shape index (κ1) is 10.7. The van der Waals surface area contributed by atoms with Crippen LogP contribution < -0.4 is 9.64 Å². The highest BCUT2D eigenvalue weighted by Gasteiger charge is 2.14. The third-order valence-electron chi connectivity index (χ3n) is 2.74. The molecule has 2 nitrogen and oxygen atoms in total. The minimum atomic E-state index is 0.791. The van der Waals surface area contributed by atoms with E-state index in [0.717, 1.165) is 37.5 Å². The molecule has 0 amide bonds. The average Bonchev–Trinajstić information content (AvgIpc) is 2.27.